The molecular formula is C21H32N6O6. The first-order chi connectivity index (χ1) is 15.7. The first kappa shape index (κ1) is 24.6. The van der Waals surface area contributed by atoms with Crippen molar-refractivity contribution in [2.75, 3.05) is 40.3 Å². The molecule has 1 unspecified atom stereocenters. The van der Waals surface area contributed by atoms with Crippen molar-refractivity contribution in [2.24, 2.45) is 19.5 Å². The number of aromatic nitrogens is 4. The Morgan fingerprint density at radius 3 is 2.39 bits per heavy atom. The second kappa shape index (κ2) is 9.87. The molecule has 1 spiro atoms. The van der Waals surface area contributed by atoms with E-state index in [1.807, 2.05) is 16.5 Å². The lowest BCUT2D eigenvalue weighted by Crippen LogP contribution is -2.56. The monoisotopic (exact) mass is 464 g/mol. The van der Waals surface area contributed by atoms with Gasteiger partial charge in [0.25, 0.3) is 12.0 Å². The van der Waals surface area contributed by atoms with E-state index < -0.39 is 0 Å². The van der Waals surface area contributed by atoms with Crippen LogP contribution < -0.4 is 11.2 Å². The zero-order valence-electron chi connectivity index (χ0n) is 19.6. The van der Waals surface area contributed by atoms with Gasteiger partial charge in [-0.05, 0) is 32.4 Å². The van der Waals surface area contributed by atoms with Gasteiger partial charge in [-0.25, -0.2) is 9.78 Å². The van der Waals surface area contributed by atoms with E-state index in [0.29, 0.717) is 24.3 Å². The van der Waals surface area contributed by atoms with Crippen LogP contribution in [-0.2, 0) is 35.0 Å². The van der Waals surface area contributed by atoms with Crippen LogP contribution in [0.25, 0.3) is 11.2 Å². The highest BCUT2D eigenvalue weighted by atomic mass is 16.5. The van der Waals surface area contributed by atoms with Crippen molar-refractivity contribution in [3.8, 4) is 0 Å². The number of carbonyl (C=O) groups is 2. The highest BCUT2D eigenvalue weighted by Crippen LogP contribution is 2.41. The fourth-order valence-corrected chi connectivity index (χ4v) is 4.98. The van der Waals surface area contributed by atoms with Crippen molar-refractivity contribution in [3.05, 3.63) is 27.2 Å². The van der Waals surface area contributed by atoms with Crippen LogP contribution in [0.15, 0.2) is 15.9 Å². The van der Waals surface area contributed by atoms with Crippen LogP contribution in [0.1, 0.15) is 19.3 Å². The molecule has 1 N–H and O–H groups in total. The number of nitrogens with zero attached hydrogens (tertiary/aromatic N) is 6. The van der Waals surface area contributed by atoms with Gasteiger partial charge in [-0.15, -0.1) is 0 Å². The van der Waals surface area contributed by atoms with Crippen LogP contribution in [0.2, 0.25) is 0 Å². The maximum atomic E-state index is 12.9. The molecule has 2 aromatic rings. The molecule has 182 valence electrons. The number of amides is 1. The molecule has 1 atom stereocenters. The van der Waals surface area contributed by atoms with Crippen molar-refractivity contribution in [1.29, 1.82) is 0 Å². The van der Waals surface area contributed by atoms with Gasteiger partial charge in [0.05, 0.1) is 17.8 Å². The third kappa shape index (κ3) is 4.58. The van der Waals surface area contributed by atoms with E-state index in [1.54, 1.807) is 20.5 Å². The summed E-state index contributed by atoms with van der Waals surface area (Å²) >= 11 is 0. The molecule has 2 saturated heterocycles. The van der Waals surface area contributed by atoms with Gasteiger partial charge in [0.15, 0.2) is 11.2 Å². The summed E-state index contributed by atoms with van der Waals surface area (Å²) in [6, 6.07) is 0. The number of carboxylic acid groups (broad SMARTS) is 1. The Hall–Kier alpha value is -2.99. The number of piperidine rings is 2. The molecule has 2 aromatic heterocycles. The van der Waals surface area contributed by atoms with Crippen LogP contribution in [0, 0.1) is 5.41 Å². The van der Waals surface area contributed by atoms with Crippen molar-refractivity contribution >= 4 is 23.5 Å². The number of rotatable bonds is 4. The molecule has 2 aliphatic rings. The van der Waals surface area contributed by atoms with Crippen LogP contribution in [0.4, 0.5) is 0 Å². The quantitative estimate of drug-likeness (QED) is 0.576. The van der Waals surface area contributed by atoms with E-state index in [0.717, 1.165) is 43.5 Å². The van der Waals surface area contributed by atoms with Crippen LogP contribution >= 0.6 is 0 Å². The van der Waals surface area contributed by atoms with Gasteiger partial charge >= 0.3 is 5.69 Å². The maximum absolute atomic E-state index is 12.9. The molecule has 0 saturated carbocycles. The molecule has 2 fully saturated rings. The Labute approximate surface area is 191 Å². The van der Waals surface area contributed by atoms with Gasteiger partial charge in [0.2, 0.25) is 5.91 Å². The normalized spacial score (nSPS) is 20.7. The first-order valence-corrected chi connectivity index (χ1v) is 10.9. The number of imidazole rings is 1. The lowest BCUT2D eigenvalue weighted by molar-refractivity contribution is -0.155. The van der Waals surface area contributed by atoms with E-state index in [4.69, 9.17) is 14.6 Å². The molecule has 2 aliphatic heterocycles. The summed E-state index contributed by atoms with van der Waals surface area (Å²) in [5, 5.41) is 6.89. The van der Waals surface area contributed by atoms with E-state index in [2.05, 4.69) is 9.88 Å². The zero-order valence-corrected chi connectivity index (χ0v) is 19.6. The predicted octanol–water partition coefficient (Wildman–Crippen LogP) is -0.906. The minimum Gasteiger partial charge on any atom is -0.483 e. The SMILES string of the molecule is COC1CN(C)C(=O)C2(CCN(CCn3cnc4c3c(=O)n(C)c(=O)n4C)CC2)C1.O=CO. The second-order valence-corrected chi connectivity index (χ2v) is 8.79. The van der Waals surface area contributed by atoms with Crippen LogP contribution in [-0.4, -0.2) is 92.4 Å². The zero-order chi connectivity index (χ0) is 24.3. The lowest BCUT2D eigenvalue weighted by atomic mass is 9.71. The van der Waals surface area contributed by atoms with E-state index in [-0.39, 0.29) is 35.1 Å². The summed E-state index contributed by atoms with van der Waals surface area (Å²) < 4.78 is 9.90. The summed E-state index contributed by atoms with van der Waals surface area (Å²) in [6.45, 7) is 3.43. The van der Waals surface area contributed by atoms with E-state index in [9.17, 15) is 14.4 Å². The number of carbonyl (C=O) groups excluding carboxylic acids is 1. The van der Waals surface area contributed by atoms with Gasteiger partial charge in [-0.3, -0.25) is 23.5 Å². The number of methoxy groups -OCH3 is 1. The largest absolute Gasteiger partial charge is 0.483 e. The van der Waals surface area contributed by atoms with Crippen LogP contribution in [0.3, 0.4) is 0 Å². The van der Waals surface area contributed by atoms with Gasteiger partial charge in [0.1, 0.15) is 0 Å². The number of hydrogen-bond acceptors (Lipinski definition) is 7. The second-order valence-electron chi connectivity index (χ2n) is 8.79. The molecule has 33 heavy (non-hydrogen) atoms. The number of fused-ring (bicyclic) bond motifs is 1. The first-order valence-electron chi connectivity index (χ1n) is 10.9. The standard InChI is InChI=1S/C20H30N6O4.CH2O2/c1-22-12-14(30-4)11-20(18(22)28)5-7-25(8-6-20)9-10-26-13-21-16-15(26)17(27)24(3)19(29)23(16)2;2-1-3/h13-14H,5-12H2,1-4H3;1H,(H,2,3). The lowest BCUT2D eigenvalue weighted by Gasteiger charge is -2.47. The number of aryl methyl sites for hydroxylation is 1. The Morgan fingerprint density at radius 1 is 1.15 bits per heavy atom. The molecular weight excluding hydrogens is 432 g/mol. The number of hydrogen-bond donors (Lipinski definition) is 1. The Bertz CT molecular complexity index is 1130. The molecule has 12 nitrogen and oxygen atoms in total. The fraction of sp³-hybridized carbons (Fsp3) is 0.667. The average Bonchev–Trinajstić information content (AvgIpc) is 3.24. The smallest absolute Gasteiger partial charge is 0.332 e. The average molecular weight is 465 g/mol. The van der Waals surface area contributed by atoms with E-state index in [1.165, 1.54) is 11.6 Å². The van der Waals surface area contributed by atoms with Gasteiger partial charge in [-0.2, -0.15) is 0 Å². The predicted molar refractivity (Wildman–Crippen MR) is 120 cm³/mol. The minimum absolute atomic E-state index is 0.0967. The highest BCUT2D eigenvalue weighted by molar-refractivity contribution is 5.83. The molecule has 4 rings (SSSR count). The molecule has 0 aromatic carbocycles. The number of likely N-dealkylation sites (tertiary alicyclic amines) is 2. The van der Waals surface area contributed by atoms with Crippen molar-refractivity contribution in [3.63, 3.8) is 0 Å². The fourth-order valence-electron chi connectivity index (χ4n) is 4.98. The summed E-state index contributed by atoms with van der Waals surface area (Å²) in [5.74, 6) is 0.237. The van der Waals surface area contributed by atoms with Crippen LogP contribution in [0.5, 0.6) is 0 Å². The maximum Gasteiger partial charge on any atom is 0.332 e. The molecule has 4 heterocycles. The third-order valence-electron chi connectivity index (χ3n) is 6.92. The molecule has 12 heteroatoms. The summed E-state index contributed by atoms with van der Waals surface area (Å²) in [5.41, 5.74) is -0.178. The summed E-state index contributed by atoms with van der Waals surface area (Å²) in [7, 11) is 6.68. The summed E-state index contributed by atoms with van der Waals surface area (Å²) in [4.78, 5) is 54.3. The van der Waals surface area contributed by atoms with Gasteiger partial charge in [0, 0.05) is 47.9 Å². The number of ether oxygens (including phenoxy) is 1. The van der Waals surface area contributed by atoms with Crippen molar-refractivity contribution in [2.45, 2.75) is 31.9 Å². The Morgan fingerprint density at radius 2 is 1.79 bits per heavy atom. The number of likely N-dealkylation sites (N-methyl/N-ethyl adjacent to an activating group) is 1. The van der Waals surface area contributed by atoms with E-state index >= 15 is 0 Å². The molecule has 1 amide bonds. The molecule has 0 radical (unpaired) electrons. The third-order valence-corrected chi connectivity index (χ3v) is 6.92. The Balaban J connectivity index is 0.000000968. The van der Waals surface area contributed by atoms with Gasteiger partial charge < -0.3 is 24.2 Å². The highest BCUT2D eigenvalue weighted by Gasteiger charge is 2.47. The summed E-state index contributed by atoms with van der Waals surface area (Å²) in [6.07, 6.45) is 4.14. The molecule has 0 bridgehead atoms. The van der Waals surface area contributed by atoms with Crippen molar-refractivity contribution < 1.29 is 19.4 Å². The van der Waals surface area contributed by atoms with Crippen molar-refractivity contribution in [1.82, 2.24) is 28.5 Å². The van der Waals surface area contributed by atoms with Gasteiger partial charge in [-0.1, -0.05) is 0 Å². The minimum atomic E-state index is -0.379. The molecule has 0 aliphatic carbocycles. The topological polar surface area (TPSA) is 132 Å². The Kier molecular flexibility index (Phi) is 7.38.